The first-order valence-corrected chi connectivity index (χ1v) is 3.74. The third kappa shape index (κ3) is 4.87. The SMILES string of the molecule is C=CCN([C]=O)C/C(Cl)=C/Cl. The first-order valence-electron chi connectivity index (χ1n) is 2.93. The van der Waals surface area contributed by atoms with Gasteiger partial charge in [0, 0.05) is 17.1 Å². The molecule has 0 fully saturated rings. The van der Waals surface area contributed by atoms with Crippen LogP contribution in [-0.2, 0) is 4.79 Å². The molecule has 11 heavy (non-hydrogen) atoms. The van der Waals surface area contributed by atoms with E-state index in [-0.39, 0.29) is 6.54 Å². The first kappa shape index (κ1) is 10.5. The van der Waals surface area contributed by atoms with Crippen molar-refractivity contribution in [2.24, 2.45) is 0 Å². The van der Waals surface area contributed by atoms with Gasteiger partial charge in [-0.1, -0.05) is 29.3 Å². The fraction of sp³-hybridized carbons (Fsp3) is 0.286. The van der Waals surface area contributed by atoms with Crippen LogP contribution in [0.25, 0.3) is 0 Å². The average Bonchev–Trinajstić information content (AvgIpc) is 2.03. The summed E-state index contributed by atoms with van der Waals surface area (Å²) in [7, 11) is 0. The van der Waals surface area contributed by atoms with E-state index in [0.717, 1.165) is 0 Å². The second kappa shape index (κ2) is 6.25. The summed E-state index contributed by atoms with van der Waals surface area (Å²) < 4.78 is 0. The summed E-state index contributed by atoms with van der Waals surface area (Å²) >= 11 is 10.8. The lowest BCUT2D eigenvalue weighted by Crippen LogP contribution is -2.23. The molecule has 4 heteroatoms. The zero-order valence-electron chi connectivity index (χ0n) is 5.89. The van der Waals surface area contributed by atoms with E-state index in [9.17, 15) is 4.79 Å². The van der Waals surface area contributed by atoms with Crippen molar-refractivity contribution in [2.45, 2.75) is 0 Å². The van der Waals surface area contributed by atoms with Gasteiger partial charge in [-0.2, -0.15) is 0 Å². The molecule has 0 aliphatic carbocycles. The van der Waals surface area contributed by atoms with Crippen LogP contribution in [0.5, 0.6) is 0 Å². The lowest BCUT2D eigenvalue weighted by atomic mass is 10.5. The van der Waals surface area contributed by atoms with E-state index in [2.05, 4.69) is 6.58 Å². The average molecular weight is 193 g/mol. The summed E-state index contributed by atoms with van der Waals surface area (Å²) in [6.07, 6.45) is 3.28. The van der Waals surface area contributed by atoms with Crippen LogP contribution >= 0.6 is 23.2 Å². The Morgan fingerprint density at radius 2 is 2.36 bits per heavy atom. The minimum Gasteiger partial charge on any atom is -0.325 e. The number of nitrogens with zero attached hydrogens (tertiary/aromatic N) is 1. The molecule has 0 bridgehead atoms. The molecule has 0 saturated heterocycles. The van der Waals surface area contributed by atoms with Crippen molar-refractivity contribution in [2.75, 3.05) is 13.1 Å². The van der Waals surface area contributed by atoms with E-state index in [1.807, 2.05) is 0 Å². The zero-order chi connectivity index (χ0) is 8.69. The van der Waals surface area contributed by atoms with E-state index in [0.29, 0.717) is 11.6 Å². The Morgan fingerprint density at radius 1 is 1.73 bits per heavy atom. The molecule has 0 saturated carbocycles. The van der Waals surface area contributed by atoms with Crippen molar-refractivity contribution in [1.82, 2.24) is 4.90 Å². The number of hydrogen-bond donors (Lipinski definition) is 0. The lowest BCUT2D eigenvalue weighted by molar-refractivity contribution is 0.435. The molecule has 0 unspecified atom stereocenters. The monoisotopic (exact) mass is 192 g/mol. The summed E-state index contributed by atoms with van der Waals surface area (Å²) in [4.78, 5) is 11.5. The van der Waals surface area contributed by atoms with Crippen molar-refractivity contribution in [3.05, 3.63) is 23.2 Å². The van der Waals surface area contributed by atoms with Crippen LogP contribution in [0.3, 0.4) is 0 Å². The summed E-state index contributed by atoms with van der Waals surface area (Å²) in [5.74, 6) is 0. The minimum atomic E-state index is 0.278. The summed E-state index contributed by atoms with van der Waals surface area (Å²) in [5, 5.41) is 0.400. The van der Waals surface area contributed by atoms with Gasteiger partial charge in [-0.3, -0.25) is 4.79 Å². The molecular formula is C7H8Cl2NO. The van der Waals surface area contributed by atoms with Crippen LogP contribution in [-0.4, -0.2) is 24.4 Å². The Kier molecular flexibility index (Phi) is 5.99. The quantitative estimate of drug-likeness (QED) is 0.482. The van der Waals surface area contributed by atoms with E-state index in [1.54, 1.807) is 12.5 Å². The van der Waals surface area contributed by atoms with Gasteiger partial charge < -0.3 is 4.90 Å². The van der Waals surface area contributed by atoms with Gasteiger partial charge in [0.2, 0.25) is 0 Å². The molecule has 0 atom stereocenters. The normalized spacial score (nSPS) is 10.9. The molecule has 0 aromatic rings. The van der Waals surface area contributed by atoms with Crippen molar-refractivity contribution in [3.8, 4) is 0 Å². The van der Waals surface area contributed by atoms with Crippen molar-refractivity contribution in [3.63, 3.8) is 0 Å². The van der Waals surface area contributed by atoms with Crippen LogP contribution in [0.1, 0.15) is 0 Å². The summed E-state index contributed by atoms with van der Waals surface area (Å²) in [5.41, 5.74) is 1.22. The number of amides is 1. The van der Waals surface area contributed by atoms with E-state index in [1.165, 1.54) is 10.4 Å². The molecular weight excluding hydrogens is 185 g/mol. The summed E-state index contributed by atoms with van der Waals surface area (Å²) in [6.45, 7) is 4.16. The number of carbonyl (C=O) groups excluding carboxylic acids is 1. The largest absolute Gasteiger partial charge is 0.325 e. The molecule has 0 spiro atoms. The molecule has 61 valence electrons. The summed E-state index contributed by atoms with van der Waals surface area (Å²) in [6, 6.07) is 0. The molecule has 0 aliphatic heterocycles. The highest BCUT2D eigenvalue weighted by atomic mass is 35.5. The molecule has 1 radical (unpaired) electrons. The second-order valence-electron chi connectivity index (χ2n) is 1.82. The smallest absolute Gasteiger partial charge is 0.312 e. The maximum atomic E-state index is 10.2. The number of hydrogen-bond acceptors (Lipinski definition) is 1. The van der Waals surface area contributed by atoms with Gasteiger partial charge in [0.15, 0.2) is 0 Å². The molecule has 0 heterocycles. The highest BCUT2D eigenvalue weighted by Crippen LogP contribution is 2.04. The molecule has 0 aromatic carbocycles. The molecule has 0 aromatic heterocycles. The van der Waals surface area contributed by atoms with Crippen LogP contribution in [0.15, 0.2) is 23.2 Å². The molecule has 2 nitrogen and oxygen atoms in total. The van der Waals surface area contributed by atoms with Gasteiger partial charge >= 0.3 is 6.41 Å². The van der Waals surface area contributed by atoms with Crippen LogP contribution in [0.2, 0.25) is 0 Å². The predicted octanol–water partition coefficient (Wildman–Crippen LogP) is 1.86. The fourth-order valence-corrected chi connectivity index (χ4v) is 0.720. The van der Waals surface area contributed by atoms with Gasteiger partial charge in [0.25, 0.3) is 0 Å². The Morgan fingerprint density at radius 3 is 2.73 bits per heavy atom. The Labute approximate surface area is 76.1 Å². The topological polar surface area (TPSA) is 20.3 Å². The van der Waals surface area contributed by atoms with Crippen LogP contribution < -0.4 is 0 Å². The second-order valence-corrected chi connectivity index (χ2v) is 2.52. The number of halogens is 2. The highest BCUT2D eigenvalue weighted by molar-refractivity contribution is 6.36. The standard InChI is InChI=1S/C7H8Cl2NO/c1-2-3-10(6-11)5-7(9)4-8/h2,4H,1,3,5H2/b7-4-. The van der Waals surface area contributed by atoms with Gasteiger partial charge in [-0.15, -0.1) is 6.58 Å². The highest BCUT2D eigenvalue weighted by Gasteiger charge is 2.01. The van der Waals surface area contributed by atoms with Crippen LogP contribution in [0.4, 0.5) is 0 Å². The van der Waals surface area contributed by atoms with Gasteiger partial charge in [-0.05, 0) is 0 Å². The van der Waals surface area contributed by atoms with Crippen LogP contribution in [0, 0.1) is 0 Å². The van der Waals surface area contributed by atoms with Gasteiger partial charge in [-0.25, -0.2) is 0 Å². The predicted molar refractivity (Wildman–Crippen MR) is 47.3 cm³/mol. The van der Waals surface area contributed by atoms with Crippen molar-refractivity contribution >= 4 is 29.6 Å². The third-order valence-electron chi connectivity index (χ3n) is 0.939. The van der Waals surface area contributed by atoms with Gasteiger partial charge in [0.05, 0.1) is 6.54 Å². The molecule has 1 amide bonds. The molecule has 0 N–H and O–H groups in total. The van der Waals surface area contributed by atoms with E-state index >= 15 is 0 Å². The molecule has 0 rings (SSSR count). The molecule has 0 aliphatic rings. The van der Waals surface area contributed by atoms with Crippen molar-refractivity contribution in [1.29, 1.82) is 0 Å². The van der Waals surface area contributed by atoms with E-state index < -0.39 is 0 Å². The Balaban J connectivity index is 3.86. The van der Waals surface area contributed by atoms with Crippen molar-refractivity contribution < 1.29 is 4.79 Å². The zero-order valence-corrected chi connectivity index (χ0v) is 7.40. The Bertz CT molecular complexity index is 168. The first-order chi connectivity index (χ1) is 5.24. The maximum Gasteiger partial charge on any atom is 0.312 e. The maximum absolute atomic E-state index is 10.2. The Hall–Kier alpha value is -0.470. The third-order valence-corrected chi connectivity index (χ3v) is 1.54. The fourth-order valence-electron chi connectivity index (χ4n) is 0.507. The van der Waals surface area contributed by atoms with Gasteiger partial charge in [0.1, 0.15) is 0 Å². The van der Waals surface area contributed by atoms with E-state index in [4.69, 9.17) is 23.2 Å². The number of rotatable bonds is 5. The minimum absolute atomic E-state index is 0.278. The lowest BCUT2D eigenvalue weighted by Gasteiger charge is -2.11.